The summed E-state index contributed by atoms with van der Waals surface area (Å²) in [5, 5.41) is 2.99. The molecule has 0 amide bonds. The predicted molar refractivity (Wildman–Crippen MR) is 71.7 cm³/mol. The fraction of sp³-hybridized carbons (Fsp3) is 0.538. The van der Waals surface area contributed by atoms with Crippen LogP contribution in [0.4, 0.5) is 18.9 Å². The first kappa shape index (κ1) is 15.3. The minimum atomic E-state index is -4.34. The third-order valence-corrected chi connectivity index (χ3v) is 3.37. The first-order chi connectivity index (χ1) is 8.25. The fourth-order valence-corrected chi connectivity index (χ4v) is 2.18. The lowest BCUT2D eigenvalue weighted by atomic mass is 10.0. The molecule has 18 heavy (non-hydrogen) atoms. The second-order valence-corrected chi connectivity index (χ2v) is 5.51. The zero-order valence-corrected chi connectivity index (χ0v) is 12.2. The summed E-state index contributed by atoms with van der Waals surface area (Å²) in [5.41, 5.74) is -0.484. The van der Waals surface area contributed by atoms with Gasteiger partial charge in [0.05, 0.1) is 5.56 Å². The maximum Gasteiger partial charge on any atom is 0.418 e. The first-order valence-electron chi connectivity index (χ1n) is 5.89. The van der Waals surface area contributed by atoms with Crippen LogP contribution in [0.2, 0.25) is 0 Å². The Labute approximate surface area is 114 Å². The highest BCUT2D eigenvalue weighted by molar-refractivity contribution is 9.10. The standard InChI is InChI=1S/C13H17BrF3N/c1-4-11(8(2)3)18-12-7-9(14)5-6-10(12)13(15,16)17/h5-8,11,18H,4H2,1-3H3. The van der Waals surface area contributed by atoms with Crippen LogP contribution in [-0.2, 0) is 6.18 Å². The Hall–Kier alpha value is -0.710. The van der Waals surface area contributed by atoms with E-state index in [0.717, 1.165) is 12.5 Å². The maximum absolute atomic E-state index is 12.9. The molecule has 1 N–H and O–H groups in total. The van der Waals surface area contributed by atoms with Crippen LogP contribution in [0.5, 0.6) is 0 Å². The van der Waals surface area contributed by atoms with E-state index in [1.165, 1.54) is 12.1 Å². The SMILES string of the molecule is CCC(Nc1cc(Br)ccc1C(F)(F)F)C(C)C. The van der Waals surface area contributed by atoms with E-state index in [1.54, 1.807) is 0 Å². The molecule has 1 atom stereocenters. The zero-order valence-electron chi connectivity index (χ0n) is 10.6. The molecule has 5 heteroatoms. The average Bonchev–Trinajstić information content (AvgIpc) is 2.23. The Morgan fingerprint density at radius 3 is 2.33 bits per heavy atom. The van der Waals surface area contributed by atoms with Gasteiger partial charge in [-0.2, -0.15) is 13.2 Å². The van der Waals surface area contributed by atoms with Gasteiger partial charge >= 0.3 is 6.18 Å². The van der Waals surface area contributed by atoms with E-state index in [2.05, 4.69) is 21.2 Å². The molecule has 1 aromatic rings. The molecule has 0 saturated carbocycles. The summed E-state index contributed by atoms with van der Waals surface area (Å²) in [6, 6.07) is 4.01. The number of halogens is 4. The molecule has 0 heterocycles. The van der Waals surface area contributed by atoms with Gasteiger partial charge in [-0.1, -0.05) is 36.7 Å². The highest BCUT2D eigenvalue weighted by atomic mass is 79.9. The monoisotopic (exact) mass is 323 g/mol. The van der Waals surface area contributed by atoms with Crippen LogP contribution in [0.15, 0.2) is 22.7 Å². The van der Waals surface area contributed by atoms with E-state index < -0.39 is 11.7 Å². The van der Waals surface area contributed by atoms with Crippen molar-refractivity contribution in [1.29, 1.82) is 0 Å². The van der Waals surface area contributed by atoms with Gasteiger partial charge in [-0.3, -0.25) is 0 Å². The Morgan fingerprint density at radius 1 is 1.28 bits per heavy atom. The van der Waals surface area contributed by atoms with Crippen LogP contribution in [-0.4, -0.2) is 6.04 Å². The van der Waals surface area contributed by atoms with Crippen molar-refractivity contribution in [2.24, 2.45) is 5.92 Å². The second kappa shape index (κ2) is 5.95. The molecule has 1 aromatic carbocycles. The van der Waals surface area contributed by atoms with Crippen LogP contribution < -0.4 is 5.32 Å². The minimum absolute atomic E-state index is 0.0281. The first-order valence-corrected chi connectivity index (χ1v) is 6.68. The Morgan fingerprint density at radius 2 is 1.89 bits per heavy atom. The van der Waals surface area contributed by atoms with Gasteiger partial charge in [0.2, 0.25) is 0 Å². The van der Waals surface area contributed by atoms with Crippen molar-refractivity contribution in [2.75, 3.05) is 5.32 Å². The number of rotatable bonds is 4. The molecule has 0 spiro atoms. The molecule has 0 aromatic heterocycles. The molecular formula is C13H17BrF3N. The van der Waals surface area contributed by atoms with Gasteiger partial charge in [0, 0.05) is 16.2 Å². The van der Waals surface area contributed by atoms with Crippen LogP contribution in [0.3, 0.4) is 0 Å². The largest absolute Gasteiger partial charge is 0.418 e. The average molecular weight is 324 g/mol. The highest BCUT2D eigenvalue weighted by Crippen LogP contribution is 2.37. The van der Waals surface area contributed by atoms with Gasteiger partial charge in [0.1, 0.15) is 0 Å². The van der Waals surface area contributed by atoms with E-state index in [-0.39, 0.29) is 17.6 Å². The molecule has 0 saturated heterocycles. The highest BCUT2D eigenvalue weighted by Gasteiger charge is 2.34. The van der Waals surface area contributed by atoms with Crippen molar-refractivity contribution in [1.82, 2.24) is 0 Å². The summed E-state index contributed by atoms with van der Waals surface area (Å²) in [5.74, 6) is 0.273. The van der Waals surface area contributed by atoms with E-state index in [9.17, 15) is 13.2 Å². The van der Waals surface area contributed by atoms with E-state index in [0.29, 0.717) is 4.47 Å². The van der Waals surface area contributed by atoms with Crippen LogP contribution in [0, 0.1) is 5.92 Å². The fourth-order valence-electron chi connectivity index (χ4n) is 1.82. The van der Waals surface area contributed by atoms with Gasteiger partial charge in [0.15, 0.2) is 0 Å². The van der Waals surface area contributed by atoms with Crippen molar-refractivity contribution in [2.45, 2.75) is 39.4 Å². The second-order valence-electron chi connectivity index (χ2n) is 4.59. The minimum Gasteiger partial charge on any atom is -0.382 e. The molecule has 0 aliphatic heterocycles. The number of anilines is 1. The van der Waals surface area contributed by atoms with Crippen molar-refractivity contribution in [3.8, 4) is 0 Å². The van der Waals surface area contributed by atoms with Gasteiger partial charge in [-0.25, -0.2) is 0 Å². The number of alkyl halides is 3. The van der Waals surface area contributed by atoms with Crippen molar-refractivity contribution < 1.29 is 13.2 Å². The van der Waals surface area contributed by atoms with Gasteiger partial charge < -0.3 is 5.32 Å². The third-order valence-electron chi connectivity index (χ3n) is 2.87. The molecule has 0 radical (unpaired) electrons. The van der Waals surface area contributed by atoms with Gasteiger partial charge in [-0.15, -0.1) is 0 Å². The number of hydrogen-bond donors (Lipinski definition) is 1. The van der Waals surface area contributed by atoms with Gasteiger partial charge in [-0.05, 0) is 30.5 Å². The summed E-state index contributed by atoms with van der Waals surface area (Å²) in [7, 11) is 0. The quantitative estimate of drug-likeness (QED) is 0.791. The molecule has 0 aliphatic carbocycles. The predicted octanol–water partition coefficient (Wildman–Crippen LogP) is 5.31. The summed E-state index contributed by atoms with van der Waals surface area (Å²) in [6.07, 6.45) is -3.56. The number of benzene rings is 1. The van der Waals surface area contributed by atoms with E-state index in [1.807, 2.05) is 20.8 Å². The summed E-state index contributed by atoms with van der Waals surface area (Å²) >= 11 is 3.20. The smallest absolute Gasteiger partial charge is 0.382 e. The molecule has 0 fully saturated rings. The van der Waals surface area contributed by atoms with Gasteiger partial charge in [0.25, 0.3) is 0 Å². The number of hydrogen-bond acceptors (Lipinski definition) is 1. The molecule has 1 rings (SSSR count). The normalized spacial score (nSPS) is 13.8. The molecule has 1 nitrogen and oxygen atoms in total. The van der Waals surface area contributed by atoms with Crippen molar-refractivity contribution in [3.63, 3.8) is 0 Å². The topological polar surface area (TPSA) is 12.0 Å². The lowest BCUT2D eigenvalue weighted by Crippen LogP contribution is -2.26. The van der Waals surface area contributed by atoms with Crippen molar-refractivity contribution >= 4 is 21.6 Å². The molecule has 0 aliphatic rings. The lowest BCUT2D eigenvalue weighted by molar-refractivity contribution is -0.137. The van der Waals surface area contributed by atoms with Crippen LogP contribution >= 0.6 is 15.9 Å². The van der Waals surface area contributed by atoms with Crippen molar-refractivity contribution in [3.05, 3.63) is 28.2 Å². The summed E-state index contributed by atoms with van der Waals surface area (Å²) in [4.78, 5) is 0. The molecule has 102 valence electrons. The zero-order chi connectivity index (χ0) is 13.9. The Balaban J connectivity index is 3.10. The third kappa shape index (κ3) is 3.90. The maximum atomic E-state index is 12.9. The molecular weight excluding hydrogens is 307 g/mol. The van der Waals surface area contributed by atoms with E-state index >= 15 is 0 Å². The summed E-state index contributed by atoms with van der Waals surface area (Å²) in [6.45, 7) is 5.95. The van der Waals surface area contributed by atoms with Crippen LogP contribution in [0.1, 0.15) is 32.8 Å². The van der Waals surface area contributed by atoms with Crippen LogP contribution in [0.25, 0.3) is 0 Å². The number of nitrogens with one attached hydrogen (secondary N) is 1. The molecule has 0 bridgehead atoms. The summed E-state index contributed by atoms with van der Waals surface area (Å²) < 4.78 is 39.3. The molecule has 1 unspecified atom stereocenters. The lowest BCUT2D eigenvalue weighted by Gasteiger charge is -2.24. The Bertz CT molecular complexity index is 402. The van der Waals surface area contributed by atoms with E-state index in [4.69, 9.17) is 0 Å². The Kier molecular flexibility index (Phi) is 5.08.